The first-order valence-corrected chi connectivity index (χ1v) is 6.20. The van der Waals surface area contributed by atoms with Crippen molar-refractivity contribution < 1.29 is 19.1 Å². The third-order valence-electron chi connectivity index (χ3n) is 2.26. The Hall–Kier alpha value is -1.14. The molecule has 0 radical (unpaired) electrons. The predicted octanol–water partition coefficient (Wildman–Crippen LogP) is 0.0241. The van der Waals surface area contributed by atoms with Crippen LogP contribution in [0, 0.1) is 0 Å². The number of nitrogens with one attached hydrogen (secondary N) is 1. The highest BCUT2D eigenvalue weighted by molar-refractivity contribution is 5.78. The fraction of sp³-hybridized carbons (Fsp3) is 0.833. The minimum Gasteiger partial charge on any atom is -0.466 e. The van der Waals surface area contributed by atoms with E-state index in [0.717, 1.165) is 6.42 Å². The summed E-state index contributed by atoms with van der Waals surface area (Å²) in [5.74, 6) is -0.276. The maximum absolute atomic E-state index is 11.5. The number of amides is 1. The second-order valence-corrected chi connectivity index (χ2v) is 3.99. The molecule has 106 valence electrons. The number of nitrogens with zero attached hydrogens (tertiary/aromatic N) is 1. The average molecular weight is 260 g/mol. The van der Waals surface area contributed by atoms with Gasteiger partial charge in [-0.1, -0.05) is 0 Å². The largest absolute Gasteiger partial charge is 0.466 e. The van der Waals surface area contributed by atoms with E-state index in [2.05, 4.69) is 5.32 Å². The monoisotopic (exact) mass is 260 g/mol. The lowest BCUT2D eigenvalue weighted by atomic mass is 10.4. The minimum atomic E-state index is -0.232. The molecule has 0 aliphatic heterocycles. The summed E-state index contributed by atoms with van der Waals surface area (Å²) >= 11 is 0. The Morgan fingerprint density at radius 1 is 1.33 bits per heavy atom. The smallest absolute Gasteiger partial charge is 0.307 e. The molecule has 0 atom stereocenters. The molecule has 0 bridgehead atoms. The van der Waals surface area contributed by atoms with E-state index in [1.54, 1.807) is 26.0 Å². The van der Waals surface area contributed by atoms with Crippen LogP contribution in [0.15, 0.2) is 0 Å². The van der Waals surface area contributed by atoms with Crippen LogP contribution in [0.3, 0.4) is 0 Å². The summed E-state index contributed by atoms with van der Waals surface area (Å²) in [6.45, 7) is 4.21. The first-order chi connectivity index (χ1) is 8.60. The summed E-state index contributed by atoms with van der Waals surface area (Å²) in [5.41, 5.74) is 0. The van der Waals surface area contributed by atoms with E-state index in [-0.39, 0.29) is 18.4 Å². The van der Waals surface area contributed by atoms with Crippen molar-refractivity contribution in [2.24, 2.45) is 0 Å². The summed E-state index contributed by atoms with van der Waals surface area (Å²) in [7, 11) is 3.43. The number of carbonyl (C=O) groups excluding carboxylic acids is 2. The molecule has 0 spiro atoms. The third kappa shape index (κ3) is 10.0. The molecule has 1 N–H and O–H groups in total. The molecular weight excluding hydrogens is 236 g/mol. The Morgan fingerprint density at radius 2 is 2.06 bits per heavy atom. The minimum absolute atomic E-state index is 0.0440. The fourth-order valence-electron chi connectivity index (χ4n) is 1.34. The summed E-state index contributed by atoms with van der Waals surface area (Å²) in [5, 5.41) is 2.78. The number of hydrogen-bond acceptors (Lipinski definition) is 5. The van der Waals surface area contributed by atoms with Gasteiger partial charge in [0.2, 0.25) is 5.91 Å². The van der Waals surface area contributed by atoms with Crippen LogP contribution in [0.5, 0.6) is 0 Å². The Kier molecular flexibility index (Phi) is 10.3. The van der Waals surface area contributed by atoms with Crippen LogP contribution in [0.2, 0.25) is 0 Å². The van der Waals surface area contributed by atoms with Gasteiger partial charge in [-0.15, -0.1) is 0 Å². The first-order valence-electron chi connectivity index (χ1n) is 6.20. The lowest BCUT2D eigenvalue weighted by Gasteiger charge is -2.15. The molecule has 0 rings (SSSR count). The quantitative estimate of drug-likeness (QED) is 0.443. The Balaban J connectivity index is 3.57. The van der Waals surface area contributed by atoms with E-state index >= 15 is 0 Å². The molecule has 6 heteroatoms. The van der Waals surface area contributed by atoms with E-state index in [1.165, 1.54) is 0 Å². The van der Waals surface area contributed by atoms with Gasteiger partial charge in [0.1, 0.15) is 0 Å². The van der Waals surface area contributed by atoms with E-state index in [9.17, 15) is 9.59 Å². The van der Waals surface area contributed by atoms with Crippen LogP contribution >= 0.6 is 0 Å². The molecule has 0 aliphatic carbocycles. The van der Waals surface area contributed by atoms with E-state index in [4.69, 9.17) is 9.47 Å². The number of likely N-dealkylation sites (N-methyl/N-ethyl adjacent to an activating group) is 1. The summed E-state index contributed by atoms with van der Waals surface area (Å²) in [6.07, 6.45) is 1.11. The molecule has 1 amide bonds. The molecule has 0 saturated heterocycles. The molecule has 0 aromatic heterocycles. The van der Waals surface area contributed by atoms with Gasteiger partial charge in [-0.05, 0) is 20.4 Å². The number of esters is 1. The first kappa shape index (κ1) is 16.9. The molecule has 0 aliphatic rings. The predicted molar refractivity (Wildman–Crippen MR) is 68.2 cm³/mol. The molecule has 0 heterocycles. The van der Waals surface area contributed by atoms with Crippen LogP contribution in [0.4, 0.5) is 0 Å². The maximum atomic E-state index is 11.5. The van der Waals surface area contributed by atoms with Gasteiger partial charge >= 0.3 is 5.97 Å². The second kappa shape index (κ2) is 11.0. The molecule has 0 aromatic carbocycles. The highest BCUT2D eigenvalue weighted by atomic mass is 16.5. The normalized spacial score (nSPS) is 10.4. The molecule has 0 saturated carbocycles. The second-order valence-electron chi connectivity index (χ2n) is 3.99. The Morgan fingerprint density at radius 3 is 2.67 bits per heavy atom. The summed E-state index contributed by atoms with van der Waals surface area (Å²) in [6, 6.07) is 0. The van der Waals surface area contributed by atoms with Crippen molar-refractivity contribution in [3.63, 3.8) is 0 Å². The van der Waals surface area contributed by atoms with Gasteiger partial charge in [0.25, 0.3) is 0 Å². The lowest BCUT2D eigenvalue weighted by Crippen LogP contribution is -2.36. The van der Waals surface area contributed by atoms with Crippen LogP contribution < -0.4 is 5.32 Å². The van der Waals surface area contributed by atoms with Gasteiger partial charge in [0.15, 0.2) is 0 Å². The van der Waals surface area contributed by atoms with E-state index in [0.29, 0.717) is 32.7 Å². The third-order valence-corrected chi connectivity index (χ3v) is 2.26. The van der Waals surface area contributed by atoms with Gasteiger partial charge in [0.05, 0.1) is 19.6 Å². The van der Waals surface area contributed by atoms with Gasteiger partial charge in [0, 0.05) is 26.8 Å². The number of rotatable bonds is 10. The van der Waals surface area contributed by atoms with Crippen LogP contribution in [-0.4, -0.2) is 63.8 Å². The van der Waals surface area contributed by atoms with E-state index < -0.39 is 0 Å². The summed E-state index contributed by atoms with van der Waals surface area (Å²) in [4.78, 5) is 24.4. The van der Waals surface area contributed by atoms with Gasteiger partial charge in [-0.3, -0.25) is 14.5 Å². The number of hydrogen-bond donors (Lipinski definition) is 1. The highest BCUT2D eigenvalue weighted by Crippen LogP contribution is 1.91. The van der Waals surface area contributed by atoms with Crippen molar-refractivity contribution in [3.8, 4) is 0 Å². The van der Waals surface area contributed by atoms with Crippen LogP contribution in [0.25, 0.3) is 0 Å². The van der Waals surface area contributed by atoms with Gasteiger partial charge < -0.3 is 14.8 Å². The van der Waals surface area contributed by atoms with Crippen molar-refractivity contribution >= 4 is 11.9 Å². The Bertz CT molecular complexity index is 246. The molecule has 0 unspecified atom stereocenters. The molecule has 6 nitrogen and oxygen atoms in total. The molecular formula is C12H24N2O4. The van der Waals surface area contributed by atoms with Crippen LogP contribution in [-0.2, 0) is 19.1 Å². The topological polar surface area (TPSA) is 67.9 Å². The van der Waals surface area contributed by atoms with Crippen molar-refractivity contribution in [1.82, 2.24) is 10.2 Å². The fourth-order valence-corrected chi connectivity index (χ4v) is 1.34. The van der Waals surface area contributed by atoms with Crippen molar-refractivity contribution in [2.45, 2.75) is 19.8 Å². The number of methoxy groups -OCH3 is 1. The van der Waals surface area contributed by atoms with Crippen LogP contribution in [0.1, 0.15) is 19.8 Å². The molecule has 0 aromatic rings. The molecule has 0 fully saturated rings. The lowest BCUT2D eigenvalue weighted by molar-refractivity contribution is -0.143. The zero-order valence-corrected chi connectivity index (χ0v) is 11.5. The highest BCUT2D eigenvalue weighted by Gasteiger charge is 2.08. The zero-order valence-electron chi connectivity index (χ0n) is 11.5. The van der Waals surface area contributed by atoms with Crippen molar-refractivity contribution in [2.75, 3.05) is 47.0 Å². The van der Waals surface area contributed by atoms with Gasteiger partial charge in [-0.25, -0.2) is 0 Å². The van der Waals surface area contributed by atoms with Crippen molar-refractivity contribution in [3.05, 3.63) is 0 Å². The van der Waals surface area contributed by atoms with E-state index in [1.807, 2.05) is 0 Å². The van der Waals surface area contributed by atoms with Crippen molar-refractivity contribution in [1.29, 1.82) is 0 Å². The standard InChI is InChI=1S/C12H24N2O4/c1-4-18-12(16)6-8-14(2)10-11(15)13-7-5-9-17-3/h4-10H2,1-3H3,(H,13,15). The molecule has 18 heavy (non-hydrogen) atoms. The van der Waals surface area contributed by atoms with Gasteiger partial charge in [-0.2, -0.15) is 0 Å². The zero-order chi connectivity index (χ0) is 13.8. The Labute approximate surface area is 109 Å². The summed E-state index contributed by atoms with van der Waals surface area (Å²) < 4.78 is 9.69. The average Bonchev–Trinajstić information content (AvgIpc) is 2.32. The number of carbonyl (C=O) groups is 2. The number of ether oxygens (including phenoxy) is 2. The maximum Gasteiger partial charge on any atom is 0.307 e. The SMILES string of the molecule is CCOC(=O)CCN(C)CC(=O)NCCCOC.